The fraction of sp³-hybridized carbons (Fsp3) is 1.00. The summed E-state index contributed by atoms with van der Waals surface area (Å²) in [6.45, 7) is 2.39. The molecule has 66 valence electrons. The largest absolute Gasteiger partial charge is 0.396 e. The molecule has 2 atom stereocenters. The molecule has 1 fully saturated rings. The summed E-state index contributed by atoms with van der Waals surface area (Å²) in [5.74, 6) is 0.348. The van der Waals surface area contributed by atoms with E-state index in [4.69, 9.17) is 10.8 Å². The normalized spacial score (nSPS) is 39.0. The Morgan fingerprint density at radius 2 is 2.27 bits per heavy atom. The molecule has 2 unspecified atom stereocenters. The maximum Gasteiger partial charge on any atom is 0.0476 e. The van der Waals surface area contributed by atoms with Crippen LogP contribution >= 0.6 is 0 Å². The van der Waals surface area contributed by atoms with E-state index in [2.05, 4.69) is 6.92 Å². The van der Waals surface area contributed by atoms with E-state index in [0.717, 1.165) is 19.3 Å². The number of nitrogens with two attached hydrogens (primary N) is 1. The predicted molar refractivity (Wildman–Crippen MR) is 46.3 cm³/mol. The molecule has 0 heterocycles. The van der Waals surface area contributed by atoms with Gasteiger partial charge in [0.1, 0.15) is 0 Å². The Morgan fingerprint density at radius 1 is 1.55 bits per heavy atom. The van der Waals surface area contributed by atoms with Crippen molar-refractivity contribution in [3.05, 3.63) is 0 Å². The molecule has 0 bridgehead atoms. The van der Waals surface area contributed by atoms with Crippen LogP contribution in [0.1, 0.15) is 39.0 Å². The standard InChI is InChI=1S/C9H19NO/c1-2-9(10)6-4-3-5-8(9)7-11/h8,11H,2-7,10H2,1H3. The van der Waals surface area contributed by atoms with Crippen molar-refractivity contribution < 1.29 is 5.11 Å². The first-order valence-corrected chi connectivity index (χ1v) is 4.62. The highest BCUT2D eigenvalue weighted by Gasteiger charge is 2.34. The molecule has 3 N–H and O–H groups in total. The summed E-state index contributed by atoms with van der Waals surface area (Å²) in [6, 6.07) is 0. The van der Waals surface area contributed by atoms with E-state index in [1.54, 1.807) is 0 Å². The summed E-state index contributed by atoms with van der Waals surface area (Å²) in [6.07, 6.45) is 5.68. The Kier molecular flexibility index (Phi) is 2.90. The summed E-state index contributed by atoms with van der Waals surface area (Å²) in [4.78, 5) is 0. The summed E-state index contributed by atoms with van der Waals surface area (Å²) in [5, 5.41) is 9.08. The average molecular weight is 157 g/mol. The van der Waals surface area contributed by atoms with Crippen molar-refractivity contribution >= 4 is 0 Å². The Bertz CT molecular complexity index is 127. The topological polar surface area (TPSA) is 46.2 Å². The summed E-state index contributed by atoms with van der Waals surface area (Å²) in [5.41, 5.74) is 6.09. The Morgan fingerprint density at radius 3 is 2.73 bits per heavy atom. The Labute approximate surface area is 68.8 Å². The van der Waals surface area contributed by atoms with Gasteiger partial charge in [-0.15, -0.1) is 0 Å². The third-order valence-corrected chi connectivity index (χ3v) is 3.14. The van der Waals surface area contributed by atoms with Crippen LogP contribution in [0.2, 0.25) is 0 Å². The molecular weight excluding hydrogens is 138 g/mol. The van der Waals surface area contributed by atoms with Crippen LogP contribution < -0.4 is 5.73 Å². The van der Waals surface area contributed by atoms with Gasteiger partial charge in [-0.25, -0.2) is 0 Å². The predicted octanol–water partition coefficient (Wildman–Crippen LogP) is 1.28. The second-order valence-electron chi connectivity index (χ2n) is 3.71. The number of aliphatic hydroxyl groups is 1. The van der Waals surface area contributed by atoms with E-state index in [1.807, 2.05) is 0 Å². The van der Waals surface area contributed by atoms with Crippen LogP contribution in [0.3, 0.4) is 0 Å². The van der Waals surface area contributed by atoms with Gasteiger partial charge in [0.2, 0.25) is 0 Å². The lowest BCUT2D eigenvalue weighted by Gasteiger charge is -2.39. The first-order chi connectivity index (χ1) is 5.23. The highest BCUT2D eigenvalue weighted by atomic mass is 16.3. The summed E-state index contributed by atoms with van der Waals surface area (Å²) in [7, 11) is 0. The molecule has 0 aromatic carbocycles. The van der Waals surface area contributed by atoms with Gasteiger partial charge in [0.15, 0.2) is 0 Å². The van der Waals surface area contributed by atoms with Crippen molar-refractivity contribution in [2.24, 2.45) is 11.7 Å². The fourth-order valence-electron chi connectivity index (χ4n) is 2.07. The molecule has 1 saturated carbocycles. The molecule has 0 aromatic heterocycles. The molecule has 1 aliphatic rings. The minimum Gasteiger partial charge on any atom is -0.396 e. The fourth-order valence-corrected chi connectivity index (χ4v) is 2.07. The minimum absolute atomic E-state index is 0.0625. The number of hydrogen-bond acceptors (Lipinski definition) is 2. The van der Waals surface area contributed by atoms with Gasteiger partial charge < -0.3 is 10.8 Å². The maximum atomic E-state index is 9.08. The molecule has 2 nitrogen and oxygen atoms in total. The van der Waals surface area contributed by atoms with Crippen LogP contribution in [0, 0.1) is 5.92 Å². The van der Waals surface area contributed by atoms with E-state index in [-0.39, 0.29) is 12.1 Å². The van der Waals surface area contributed by atoms with Gasteiger partial charge in [0.05, 0.1) is 0 Å². The van der Waals surface area contributed by atoms with Crippen molar-refractivity contribution in [1.29, 1.82) is 0 Å². The third-order valence-electron chi connectivity index (χ3n) is 3.14. The minimum atomic E-state index is -0.0625. The molecule has 11 heavy (non-hydrogen) atoms. The van der Waals surface area contributed by atoms with Gasteiger partial charge in [0.25, 0.3) is 0 Å². The van der Waals surface area contributed by atoms with E-state index in [0.29, 0.717) is 5.92 Å². The maximum absolute atomic E-state index is 9.08. The van der Waals surface area contributed by atoms with Crippen LogP contribution in [-0.2, 0) is 0 Å². The lowest BCUT2D eigenvalue weighted by atomic mass is 9.72. The van der Waals surface area contributed by atoms with Gasteiger partial charge in [-0.05, 0) is 25.2 Å². The highest BCUT2D eigenvalue weighted by Crippen LogP contribution is 2.33. The SMILES string of the molecule is CCC1(N)CCCCC1CO. The van der Waals surface area contributed by atoms with E-state index in [1.165, 1.54) is 12.8 Å². The zero-order valence-electron chi connectivity index (χ0n) is 7.34. The molecular formula is C9H19NO. The van der Waals surface area contributed by atoms with Gasteiger partial charge in [0, 0.05) is 12.1 Å². The molecule has 1 aliphatic carbocycles. The molecule has 0 saturated heterocycles. The molecule has 2 heteroatoms. The van der Waals surface area contributed by atoms with E-state index in [9.17, 15) is 0 Å². The summed E-state index contributed by atoms with van der Waals surface area (Å²) < 4.78 is 0. The Hall–Kier alpha value is -0.0800. The first-order valence-electron chi connectivity index (χ1n) is 4.62. The van der Waals surface area contributed by atoms with Crippen LogP contribution in [0.25, 0.3) is 0 Å². The average Bonchev–Trinajstić information content (AvgIpc) is 2.05. The van der Waals surface area contributed by atoms with E-state index >= 15 is 0 Å². The van der Waals surface area contributed by atoms with Crippen LogP contribution in [0.4, 0.5) is 0 Å². The van der Waals surface area contributed by atoms with Crippen LogP contribution in [-0.4, -0.2) is 17.3 Å². The lowest BCUT2D eigenvalue weighted by Crippen LogP contribution is -2.50. The van der Waals surface area contributed by atoms with Crippen LogP contribution in [0.5, 0.6) is 0 Å². The molecule has 0 aromatic rings. The van der Waals surface area contributed by atoms with E-state index < -0.39 is 0 Å². The third kappa shape index (κ3) is 1.74. The smallest absolute Gasteiger partial charge is 0.0476 e. The number of hydrogen-bond donors (Lipinski definition) is 2. The van der Waals surface area contributed by atoms with Crippen molar-refractivity contribution in [2.45, 2.75) is 44.6 Å². The van der Waals surface area contributed by atoms with Gasteiger partial charge in [-0.2, -0.15) is 0 Å². The van der Waals surface area contributed by atoms with Crippen molar-refractivity contribution in [3.8, 4) is 0 Å². The quantitative estimate of drug-likeness (QED) is 0.634. The van der Waals surface area contributed by atoms with Crippen molar-refractivity contribution in [3.63, 3.8) is 0 Å². The monoisotopic (exact) mass is 157 g/mol. The van der Waals surface area contributed by atoms with Crippen molar-refractivity contribution in [1.82, 2.24) is 0 Å². The van der Waals surface area contributed by atoms with Gasteiger partial charge in [-0.1, -0.05) is 19.8 Å². The van der Waals surface area contributed by atoms with Crippen molar-refractivity contribution in [2.75, 3.05) is 6.61 Å². The zero-order valence-corrected chi connectivity index (χ0v) is 7.34. The Balaban J connectivity index is 2.57. The second-order valence-corrected chi connectivity index (χ2v) is 3.71. The second kappa shape index (κ2) is 3.55. The number of rotatable bonds is 2. The van der Waals surface area contributed by atoms with Gasteiger partial charge in [-0.3, -0.25) is 0 Å². The molecule has 1 rings (SSSR count). The molecule has 0 aliphatic heterocycles. The first kappa shape index (κ1) is 9.01. The van der Waals surface area contributed by atoms with Crippen LogP contribution in [0.15, 0.2) is 0 Å². The molecule has 0 radical (unpaired) electrons. The summed E-state index contributed by atoms with van der Waals surface area (Å²) >= 11 is 0. The lowest BCUT2D eigenvalue weighted by molar-refractivity contribution is 0.106. The zero-order chi connectivity index (χ0) is 8.32. The van der Waals surface area contributed by atoms with Gasteiger partial charge >= 0.3 is 0 Å². The molecule has 0 amide bonds. The molecule has 0 spiro atoms. The number of aliphatic hydroxyl groups excluding tert-OH is 1. The highest BCUT2D eigenvalue weighted by molar-refractivity contribution is 4.92.